The van der Waals surface area contributed by atoms with Crippen LogP contribution in [0.2, 0.25) is 0 Å². The van der Waals surface area contributed by atoms with Gasteiger partial charge in [-0.25, -0.2) is 0 Å². The van der Waals surface area contributed by atoms with E-state index in [0.717, 1.165) is 0 Å². The van der Waals surface area contributed by atoms with Crippen LogP contribution in [0.15, 0.2) is 0 Å². The molecule has 1 saturated carbocycles. The Kier molecular flexibility index (Phi) is 5.40. The minimum atomic E-state index is -4.43. The summed E-state index contributed by atoms with van der Waals surface area (Å²) in [6, 6.07) is 0.0444. The van der Waals surface area contributed by atoms with Crippen molar-refractivity contribution in [2.45, 2.75) is 37.9 Å². The van der Waals surface area contributed by atoms with Gasteiger partial charge in [-0.15, -0.1) is 0 Å². The quantitative estimate of drug-likeness (QED) is 0.795. The smallest absolute Gasteiger partial charge is 0.395 e. The Morgan fingerprint density at radius 3 is 2.28 bits per heavy atom. The van der Waals surface area contributed by atoms with Crippen LogP contribution in [0.3, 0.4) is 0 Å². The largest absolute Gasteiger partial charge is 0.406 e. The molecule has 0 unspecified atom stereocenters. The molecule has 18 heavy (non-hydrogen) atoms. The van der Waals surface area contributed by atoms with E-state index in [-0.39, 0.29) is 12.6 Å². The first-order chi connectivity index (χ1) is 8.33. The predicted molar refractivity (Wildman–Crippen MR) is 59.7 cm³/mol. The summed E-state index contributed by atoms with van der Waals surface area (Å²) in [6.07, 6.45) is -2.06. The Morgan fingerprint density at radius 2 is 1.83 bits per heavy atom. The fourth-order valence-corrected chi connectivity index (χ4v) is 2.23. The Labute approximate surface area is 104 Å². The normalized spacial score (nSPS) is 24.9. The maximum atomic E-state index is 12.3. The van der Waals surface area contributed by atoms with Crippen LogP contribution < -0.4 is 5.73 Å². The second-order valence-electron chi connectivity index (χ2n) is 4.71. The van der Waals surface area contributed by atoms with Crippen molar-refractivity contribution in [3.8, 4) is 0 Å². The molecule has 0 aromatic heterocycles. The molecule has 1 aliphatic rings. The first kappa shape index (κ1) is 15.2. The molecule has 0 radical (unpaired) electrons. The first-order valence-corrected chi connectivity index (χ1v) is 6.05. The van der Waals surface area contributed by atoms with Crippen LogP contribution in [0.5, 0.6) is 0 Å². The minimum absolute atomic E-state index is 0.0444. The summed E-state index contributed by atoms with van der Waals surface area (Å²) in [7, 11) is 0. The van der Waals surface area contributed by atoms with E-state index >= 15 is 0 Å². The van der Waals surface area contributed by atoms with Crippen LogP contribution in [-0.2, 0) is 4.79 Å². The van der Waals surface area contributed by atoms with E-state index in [2.05, 4.69) is 0 Å². The lowest BCUT2D eigenvalue weighted by atomic mass is 9.85. The molecule has 0 aliphatic heterocycles. The number of nitrogens with two attached hydrogens (primary N) is 1. The lowest BCUT2D eigenvalue weighted by Gasteiger charge is -2.31. The van der Waals surface area contributed by atoms with Crippen molar-refractivity contribution in [3.63, 3.8) is 0 Å². The Morgan fingerprint density at radius 1 is 1.28 bits per heavy atom. The molecule has 0 heterocycles. The summed E-state index contributed by atoms with van der Waals surface area (Å²) < 4.78 is 37.0. The molecule has 0 aromatic carbocycles. The molecule has 0 saturated heterocycles. The Balaban J connectivity index is 2.59. The fraction of sp³-hybridized carbons (Fsp3) is 0.909. The van der Waals surface area contributed by atoms with Crippen LogP contribution in [-0.4, -0.2) is 47.8 Å². The molecule has 0 aromatic rings. The van der Waals surface area contributed by atoms with Gasteiger partial charge in [0.05, 0.1) is 6.61 Å². The second-order valence-corrected chi connectivity index (χ2v) is 4.71. The molecule has 0 spiro atoms. The molecule has 0 atom stereocenters. The van der Waals surface area contributed by atoms with Crippen LogP contribution in [0, 0.1) is 5.92 Å². The van der Waals surface area contributed by atoms with E-state index in [1.165, 1.54) is 0 Å². The van der Waals surface area contributed by atoms with Crippen molar-refractivity contribution < 1.29 is 23.1 Å². The monoisotopic (exact) mass is 268 g/mol. The molecule has 3 N–H and O–H groups in total. The third-order valence-electron chi connectivity index (χ3n) is 3.17. The lowest BCUT2D eigenvalue weighted by molar-refractivity contribution is -0.165. The highest BCUT2D eigenvalue weighted by Crippen LogP contribution is 2.26. The molecular weight excluding hydrogens is 249 g/mol. The molecule has 7 heteroatoms. The van der Waals surface area contributed by atoms with Crippen LogP contribution in [0.25, 0.3) is 0 Å². The fourth-order valence-electron chi connectivity index (χ4n) is 2.23. The topological polar surface area (TPSA) is 66.6 Å². The van der Waals surface area contributed by atoms with E-state index in [1.54, 1.807) is 0 Å². The maximum Gasteiger partial charge on any atom is 0.406 e. The summed E-state index contributed by atoms with van der Waals surface area (Å²) in [5.74, 6) is -0.910. The second kappa shape index (κ2) is 6.38. The number of amides is 1. The number of aliphatic hydroxyl groups excluding tert-OH is 1. The van der Waals surface area contributed by atoms with E-state index in [1.807, 2.05) is 0 Å². The lowest BCUT2D eigenvalue weighted by Crippen LogP contribution is -2.45. The van der Waals surface area contributed by atoms with Gasteiger partial charge in [-0.2, -0.15) is 13.2 Å². The van der Waals surface area contributed by atoms with Gasteiger partial charge in [0.25, 0.3) is 0 Å². The highest BCUT2D eigenvalue weighted by molar-refractivity contribution is 5.79. The van der Waals surface area contributed by atoms with Gasteiger partial charge in [-0.05, 0) is 25.7 Å². The number of carbonyl (C=O) groups is 1. The summed E-state index contributed by atoms with van der Waals surface area (Å²) in [5, 5.41) is 8.74. The van der Waals surface area contributed by atoms with Crippen molar-refractivity contribution >= 4 is 5.91 Å². The van der Waals surface area contributed by atoms with Gasteiger partial charge in [0.1, 0.15) is 6.54 Å². The number of hydrogen-bond acceptors (Lipinski definition) is 3. The number of aliphatic hydroxyl groups is 1. The average Bonchev–Trinajstić information content (AvgIpc) is 2.27. The van der Waals surface area contributed by atoms with Gasteiger partial charge in [-0.1, -0.05) is 0 Å². The van der Waals surface area contributed by atoms with Gasteiger partial charge < -0.3 is 15.7 Å². The molecule has 4 nitrogen and oxygen atoms in total. The van der Waals surface area contributed by atoms with Gasteiger partial charge in [0.15, 0.2) is 0 Å². The van der Waals surface area contributed by atoms with E-state index in [9.17, 15) is 18.0 Å². The van der Waals surface area contributed by atoms with Crippen molar-refractivity contribution in [2.75, 3.05) is 19.7 Å². The average molecular weight is 268 g/mol. The number of nitrogens with zero attached hydrogens (tertiary/aromatic N) is 1. The van der Waals surface area contributed by atoms with Crippen molar-refractivity contribution in [3.05, 3.63) is 0 Å². The summed E-state index contributed by atoms with van der Waals surface area (Å²) in [4.78, 5) is 12.6. The number of halogens is 3. The molecule has 1 fully saturated rings. The molecular formula is C11H19F3N2O2. The minimum Gasteiger partial charge on any atom is -0.395 e. The van der Waals surface area contributed by atoms with Gasteiger partial charge in [0, 0.05) is 18.5 Å². The SMILES string of the molecule is NC1CCC(C(=O)N(CCO)CC(F)(F)F)CC1. The van der Waals surface area contributed by atoms with E-state index in [4.69, 9.17) is 10.8 Å². The Bertz CT molecular complexity index is 276. The van der Waals surface area contributed by atoms with Gasteiger partial charge in [-0.3, -0.25) is 4.79 Å². The number of rotatable bonds is 4. The zero-order valence-electron chi connectivity index (χ0n) is 10.1. The summed E-state index contributed by atoms with van der Waals surface area (Å²) in [5.41, 5.74) is 5.69. The number of hydrogen-bond donors (Lipinski definition) is 2. The summed E-state index contributed by atoms with van der Waals surface area (Å²) in [6.45, 7) is -2.04. The molecule has 1 amide bonds. The predicted octanol–water partition coefficient (Wildman–Crippen LogP) is 0.887. The highest BCUT2D eigenvalue weighted by Gasteiger charge is 2.35. The Hall–Kier alpha value is -0.820. The zero-order valence-corrected chi connectivity index (χ0v) is 10.1. The molecule has 106 valence electrons. The van der Waals surface area contributed by atoms with E-state index in [0.29, 0.717) is 30.6 Å². The standard InChI is InChI=1S/C11H19F3N2O2/c12-11(13,14)7-16(5-6-17)10(18)8-1-3-9(15)4-2-8/h8-9,17H,1-7,15H2. The maximum absolute atomic E-state index is 12.3. The van der Waals surface area contributed by atoms with Gasteiger partial charge in [0.2, 0.25) is 5.91 Å². The molecule has 1 aliphatic carbocycles. The van der Waals surface area contributed by atoms with E-state index < -0.39 is 31.2 Å². The van der Waals surface area contributed by atoms with Crippen molar-refractivity contribution in [1.82, 2.24) is 4.90 Å². The van der Waals surface area contributed by atoms with Crippen LogP contribution >= 0.6 is 0 Å². The van der Waals surface area contributed by atoms with Crippen molar-refractivity contribution in [2.24, 2.45) is 11.7 Å². The van der Waals surface area contributed by atoms with Crippen LogP contribution in [0.1, 0.15) is 25.7 Å². The summed E-state index contributed by atoms with van der Waals surface area (Å²) >= 11 is 0. The number of carbonyl (C=O) groups excluding carboxylic acids is 1. The molecule has 1 rings (SSSR count). The first-order valence-electron chi connectivity index (χ1n) is 6.05. The third-order valence-corrected chi connectivity index (χ3v) is 3.17. The van der Waals surface area contributed by atoms with Crippen LogP contribution in [0.4, 0.5) is 13.2 Å². The zero-order chi connectivity index (χ0) is 13.8. The molecule has 0 bridgehead atoms. The number of alkyl halides is 3. The van der Waals surface area contributed by atoms with Crippen molar-refractivity contribution in [1.29, 1.82) is 0 Å². The third kappa shape index (κ3) is 4.81. The highest BCUT2D eigenvalue weighted by atomic mass is 19.4. The van der Waals surface area contributed by atoms with Gasteiger partial charge >= 0.3 is 6.18 Å².